The Hall–Kier alpha value is -2.32. The van der Waals surface area contributed by atoms with Crippen LogP contribution in [0.15, 0.2) is 54.6 Å². The van der Waals surface area contributed by atoms with Gasteiger partial charge in [0.2, 0.25) is 0 Å². The van der Waals surface area contributed by atoms with Crippen LogP contribution >= 0.6 is 0 Å². The summed E-state index contributed by atoms with van der Waals surface area (Å²) in [6, 6.07) is 20.7. The molecular weight excluding hydrogens is 421 g/mol. The summed E-state index contributed by atoms with van der Waals surface area (Å²) in [4.78, 5) is 2.47. The first-order chi connectivity index (χ1) is 15.8. The maximum absolute atomic E-state index is 13.4. The van der Waals surface area contributed by atoms with Gasteiger partial charge >= 0.3 is 6.18 Å². The zero-order valence-electron chi connectivity index (χ0n) is 20.1. The van der Waals surface area contributed by atoms with Gasteiger partial charge in [0.05, 0.1) is 12.0 Å². The van der Waals surface area contributed by atoms with Crippen LogP contribution in [0.3, 0.4) is 0 Å². The predicted molar refractivity (Wildman–Crippen MR) is 129 cm³/mol. The van der Waals surface area contributed by atoms with E-state index in [1.807, 2.05) is 30.3 Å². The van der Waals surface area contributed by atoms with E-state index in [-0.39, 0.29) is 12.3 Å². The summed E-state index contributed by atoms with van der Waals surface area (Å²) in [6.45, 7) is 7.82. The molecule has 5 heteroatoms. The molecule has 0 aliphatic heterocycles. The molecule has 0 amide bonds. The Labute approximate surface area is 197 Å². The van der Waals surface area contributed by atoms with Crippen molar-refractivity contribution < 1.29 is 13.2 Å². The lowest BCUT2D eigenvalue weighted by atomic mass is 9.75. The summed E-state index contributed by atoms with van der Waals surface area (Å²) in [5.41, 5.74) is 3.39. The number of alkyl halides is 3. The number of benzene rings is 2. The van der Waals surface area contributed by atoms with Crippen LogP contribution in [0.5, 0.6) is 0 Å². The third-order valence-electron chi connectivity index (χ3n) is 6.46. The maximum Gasteiger partial charge on any atom is 0.392 e. The van der Waals surface area contributed by atoms with Gasteiger partial charge in [-0.3, -0.25) is 4.90 Å². The molecule has 0 radical (unpaired) electrons. The second-order valence-electron chi connectivity index (χ2n) is 9.16. The highest BCUT2D eigenvalue weighted by Crippen LogP contribution is 2.46. The van der Waals surface area contributed by atoms with Crippen LogP contribution in [0.2, 0.25) is 0 Å². The minimum Gasteiger partial charge on any atom is -0.297 e. The summed E-state index contributed by atoms with van der Waals surface area (Å²) in [5, 5.41) is 7.32. The molecule has 33 heavy (non-hydrogen) atoms. The quantitative estimate of drug-likeness (QED) is 0.402. The first-order valence-corrected chi connectivity index (χ1v) is 12.0. The van der Waals surface area contributed by atoms with Crippen molar-refractivity contribution in [3.8, 4) is 6.07 Å². The van der Waals surface area contributed by atoms with Crippen LogP contribution in [-0.2, 0) is 13.0 Å². The van der Waals surface area contributed by atoms with Crippen LogP contribution in [0.4, 0.5) is 13.2 Å². The molecule has 2 atom stereocenters. The third-order valence-corrected chi connectivity index (χ3v) is 6.46. The summed E-state index contributed by atoms with van der Waals surface area (Å²) >= 11 is 0. The fourth-order valence-electron chi connectivity index (χ4n) is 4.68. The summed E-state index contributed by atoms with van der Waals surface area (Å²) < 4.78 is 40.2. The monoisotopic (exact) mass is 458 g/mol. The Morgan fingerprint density at radius 1 is 0.970 bits per heavy atom. The molecule has 0 saturated heterocycles. The molecule has 0 aromatic heterocycles. The number of rotatable bonds is 8. The van der Waals surface area contributed by atoms with Gasteiger partial charge in [-0.05, 0) is 68.7 Å². The van der Waals surface area contributed by atoms with Gasteiger partial charge in [-0.15, -0.1) is 0 Å². The topological polar surface area (TPSA) is 27.0 Å². The van der Waals surface area contributed by atoms with E-state index in [4.69, 9.17) is 5.26 Å². The molecule has 0 N–H and O–H groups in total. The fourth-order valence-corrected chi connectivity index (χ4v) is 4.68. The highest BCUT2D eigenvalue weighted by molar-refractivity contribution is 5.27. The number of nitriles is 1. The Morgan fingerprint density at radius 3 is 2.15 bits per heavy atom. The van der Waals surface area contributed by atoms with Gasteiger partial charge in [-0.25, -0.2) is 0 Å². The van der Waals surface area contributed by atoms with E-state index in [2.05, 4.69) is 43.0 Å². The summed E-state index contributed by atoms with van der Waals surface area (Å²) in [7, 11) is 0. The lowest BCUT2D eigenvalue weighted by Gasteiger charge is -2.33. The first-order valence-electron chi connectivity index (χ1n) is 12.0. The Kier molecular flexibility index (Phi) is 10.9. The van der Waals surface area contributed by atoms with Crippen molar-refractivity contribution >= 4 is 0 Å². The van der Waals surface area contributed by atoms with Gasteiger partial charge in [0, 0.05) is 19.5 Å². The van der Waals surface area contributed by atoms with E-state index in [0.29, 0.717) is 18.9 Å². The van der Waals surface area contributed by atoms with Crippen molar-refractivity contribution in [3.05, 3.63) is 71.3 Å². The van der Waals surface area contributed by atoms with E-state index >= 15 is 0 Å². The zero-order chi connectivity index (χ0) is 24.3. The highest BCUT2D eigenvalue weighted by Gasteiger charge is 2.45. The Bertz CT molecular complexity index is 838. The number of halogens is 3. The number of hydrogen-bond donors (Lipinski definition) is 0. The van der Waals surface area contributed by atoms with Crippen LogP contribution < -0.4 is 0 Å². The van der Waals surface area contributed by atoms with Crippen molar-refractivity contribution in [1.82, 2.24) is 4.90 Å². The molecule has 2 aromatic carbocycles. The van der Waals surface area contributed by atoms with E-state index in [1.165, 1.54) is 18.1 Å². The molecule has 0 heterocycles. The largest absolute Gasteiger partial charge is 0.392 e. The molecule has 3 rings (SSSR count). The Balaban J connectivity index is 0.00000122. The fraction of sp³-hybridized carbons (Fsp3) is 0.536. The highest BCUT2D eigenvalue weighted by atomic mass is 19.4. The molecule has 180 valence electrons. The summed E-state index contributed by atoms with van der Waals surface area (Å²) in [5.74, 6) is -1.57. The lowest BCUT2D eigenvalue weighted by molar-refractivity contribution is -0.187. The van der Waals surface area contributed by atoms with Crippen molar-refractivity contribution in [2.45, 2.75) is 84.0 Å². The van der Waals surface area contributed by atoms with Crippen molar-refractivity contribution in [1.29, 1.82) is 5.26 Å². The normalized spacial score (nSPS) is 18.5. The average Bonchev–Trinajstić information content (AvgIpc) is 2.79. The van der Waals surface area contributed by atoms with Gasteiger partial charge in [0.15, 0.2) is 0 Å². The maximum atomic E-state index is 13.4. The SMILES string of the molecule is CC#N.CC(C)N(CCCc1ccc(C2CCCCC2C(F)(F)F)cc1)Cc1ccccc1. The second kappa shape index (κ2) is 13.4. The van der Waals surface area contributed by atoms with Crippen LogP contribution in [0, 0.1) is 17.2 Å². The number of hydrogen-bond acceptors (Lipinski definition) is 2. The second-order valence-corrected chi connectivity index (χ2v) is 9.16. The lowest BCUT2D eigenvalue weighted by Crippen LogP contribution is -2.31. The molecule has 1 aliphatic rings. The molecule has 0 spiro atoms. The average molecular weight is 459 g/mol. The van der Waals surface area contributed by atoms with Crippen molar-refractivity contribution in [2.24, 2.45) is 5.92 Å². The van der Waals surface area contributed by atoms with E-state index in [1.54, 1.807) is 6.07 Å². The van der Waals surface area contributed by atoms with Gasteiger partial charge in [-0.1, -0.05) is 67.4 Å². The predicted octanol–water partition coefficient (Wildman–Crippen LogP) is 7.90. The first kappa shape index (κ1) is 26.9. The Morgan fingerprint density at radius 2 is 1.58 bits per heavy atom. The smallest absolute Gasteiger partial charge is 0.297 e. The van der Waals surface area contributed by atoms with E-state index in [0.717, 1.165) is 37.9 Å². The number of nitrogens with zero attached hydrogens (tertiary/aromatic N) is 2. The van der Waals surface area contributed by atoms with E-state index < -0.39 is 12.1 Å². The molecule has 2 aromatic rings. The van der Waals surface area contributed by atoms with Gasteiger partial charge in [-0.2, -0.15) is 18.4 Å². The summed E-state index contributed by atoms with van der Waals surface area (Å²) in [6.07, 6.45) is 0.391. The van der Waals surface area contributed by atoms with Gasteiger partial charge in [0.1, 0.15) is 0 Å². The van der Waals surface area contributed by atoms with Crippen molar-refractivity contribution in [3.63, 3.8) is 0 Å². The minimum absolute atomic E-state index is 0.266. The molecule has 1 saturated carbocycles. The molecule has 0 bridgehead atoms. The minimum atomic E-state index is -4.09. The molecule has 1 fully saturated rings. The van der Waals surface area contributed by atoms with Gasteiger partial charge in [0.25, 0.3) is 0 Å². The molecular formula is C28H37F3N2. The van der Waals surface area contributed by atoms with E-state index in [9.17, 15) is 13.2 Å². The number of aryl methyl sites for hydroxylation is 1. The van der Waals surface area contributed by atoms with Crippen molar-refractivity contribution in [2.75, 3.05) is 6.54 Å². The van der Waals surface area contributed by atoms with Crippen LogP contribution in [0.1, 0.15) is 75.5 Å². The molecule has 2 nitrogen and oxygen atoms in total. The molecule has 2 unspecified atom stereocenters. The van der Waals surface area contributed by atoms with Gasteiger partial charge < -0.3 is 0 Å². The van der Waals surface area contributed by atoms with Crippen LogP contribution in [-0.4, -0.2) is 23.7 Å². The zero-order valence-corrected chi connectivity index (χ0v) is 20.1. The third kappa shape index (κ3) is 8.85. The van der Waals surface area contributed by atoms with Crippen LogP contribution in [0.25, 0.3) is 0 Å². The standard InChI is InChI=1S/C26H34F3N.C2H3N/c1-20(2)30(19-22-9-4-3-5-10-22)18-8-11-21-14-16-23(17-15-21)24-12-6-7-13-25(24)26(27,28)29;1-2-3/h3-5,9-10,14-17,20,24-25H,6-8,11-13,18-19H2,1-2H3;1H3. The molecule has 1 aliphatic carbocycles.